The summed E-state index contributed by atoms with van der Waals surface area (Å²) in [7, 11) is -1.91. The lowest BCUT2D eigenvalue weighted by molar-refractivity contribution is -0.119. The minimum atomic E-state index is -3.35. The van der Waals surface area contributed by atoms with Crippen LogP contribution in [0.25, 0.3) is 0 Å². The molecule has 0 unspecified atom stereocenters. The van der Waals surface area contributed by atoms with E-state index in [4.69, 9.17) is 0 Å². The third kappa shape index (κ3) is 3.91. The standard InChI is InChI=1S/C14H16BrNO4S/c1-16(21(2,19)20)10-5-6-11(12(15)7-10)14(18)8-13(17)9-3-4-9/h5-7,9H,3-4,8H2,1-2H3. The molecule has 0 aromatic heterocycles. The molecule has 1 fully saturated rings. The van der Waals surface area contributed by atoms with Crippen LogP contribution in [0, 0.1) is 5.92 Å². The topological polar surface area (TPSA) is 71.5 Å². The molecule has 0 saturated heterocycles. The Kier molecular flexibility index (Phi) is 4.53. The number of sulfonamides is 1. The summed E-state index contributed by atoms with van der Waals surface area (Å²) in [5.74, 6) is -0.195. The van der Waals surface area contributed by atoms with E-state index in [0.29, 0.717) is 15.7 Å². The molecule has 1 saturated carbocycles. The SMILES string of the molecule is CN(c1ccc(C(=O)CC(=O)C2CC2)c(Br)c1)S(C)(=O)=O. The highest BCUT2D eigenvalue weighted by Gasteiger charge is 2.31. The summed E-state index contributed by atoms with van der Waals surface area (Å²) in [6.07, 6.45) is 2.77. The van der Waals surface area contributed by atoms with E-state index in [1.54, 1.807) is 18.2 Å². The molecule has 0 radical (unpaired) electrons. The lowest BCUT2D eigenvalue weighted by Crippen LogP contribution is -2.24. The van der Waals surface area contributed by atoms with Crippen molar-refractivity contribution in [3.05, 3.63) is 28.2 Å². The molecule has 2 rings (SSSR count). The number of benzene rings is 1. The minimum absolute atomic E-state index is 0.00997. The number of anilines is 1. The first kappa shape index (κ1) is 16.2. The summed E-state index contributed by atoms with van der Waals surface area (Å²) in [6.45, 7) is 0. The fraction of sp³-hybridized carbons (Fsp3) is 0.429. The van der Waals surface area contributed by atoms with Gasteiger partial charge in [-0.2, -0.15) is 0 Å². The van der Waals surface area contributed by atoms with Crippen molar-refractivity contribution in [2.75, 3.05) is 17.6 Å². The number of halogens is 1. The van der Waals surface area contributed by atoms with Crippen LogP contribution in [0.15, 0.2) is 22.7 Å². The van der Waals surface area contributed by atoms with Gasteiger partial charge in [0.25, 0.3) is 0 Å². The Hall–Kier alpha value is -1.21. The lowest BCUT2D eigenvalue weighted by atomic mass is 10.0. The Balaban J connectivity index is 2.19. The van der Waals surface area contributed by atoms with Gasteiger partial charge in [-0.25, -0.2) is 8.42 Å². The number of carbonyl (C=O) groups is 2. The van der Waals surface area contributed by atoms with Crippen molar-refractivity contribution in [1.82, 2.24) is 0 Å². The molecular weight excluding hydrogens is 358 g/mol. The molecule has 0 amide bonds. The zero-order chi connectivity index (χ0) is 15.8. The first-order chi connectivity index (χ1) is 9.70. The van der Waals surface area contributed by atoms with Crippen LogP contribution < -0.4 is 4.31 Å². The summed E-state index contributed by atoms with van der Waals surface area (Å²) in [5, 5.41) is 0. The van der Waals surface area contributed by atoms with E-state index in [9.17, 15) is 18.0 Å². The van der Waals surface area contributed by atoms with Gasteiger partial charge in [-0.15, -0.1) is 0 Å². The first-order valence-corrected chi connectivity index (χ1v) is 9.13. The minimum Gasteiger partial charge on any atom is -0.299 e. The molecule has 21 heavy (non-hydrogen) atoms. The van der Waals surface area contributed by atoms with Gasteiger partial charge < -0.3 is 0 Å². The molecule has 7 heteroatoms. The predicted octanol–water partition coefficient (Wildman–Crippen LogP) is 2.40. The van der Waals surface area contributed by atoms with E-state index in [1.807, 2.05) is 0 Å². The van der Waals surface area contributed by atoms with Crippen LogP contribution in [-0.4, -0.2) is 33.3 Å². The zero-order valence-corrected chi connectivity index (χ0v) is 14.2. The van der Waals surface area contributed by atoms with Crippen molar-refractivity contribution in [1.29, 1.82) is 0 Å². The van der Waals surface area contributed by atoms with Crippen molar-refractivity contribution in [2.45, 2.75) is 19.3 Å². The van der Waals surface area contributed by atoms with Crippen molar-refractivity contribution >= 4 is 43.2 Å². The predicted molar refractivity (Wildman–Crippen MR) is 84.1 cm³/mol. The maximum absolute atomic E-state index is 12.1. The van der Waals surface area contributed by atoms with Crippen molar-refractivity contribution in [3.63, 3.8) is 0 Å². The number of hydrogen-bond donors (Lipinski definition) is 0. The smallest absolute Gasteiger partial charge is 0.231 e. The normalized spacial score (nSPS) is 14.8. The Morgan fingerprint density at radius 2 is 1.95 bits per heavy atom. The van der Waals surface area contributed by atoms with E-state index < -0.39 is 10.0 Å². The molecule has 1 aromatic carbocycles. The number of carbonyl (C=O) groups excluding carboxylic acids is 2. The fourth-order valence-electron chi connectivity index (χ4n) is 1.92. The molecule has 1 aliphatic rings. The number of nitrogens with zero attached hydrogens (tertiary/aromatic N) is 1. The molecule has 1 aliphatic carbocycles. The number of ketones is 2. The van der Waals surface area contributed by atoms with Gasteiger partial charge in [0.05, 0.1) is 18.4 Å². The van der Waals surface area contributed by atoms with E-state index in [-0.39, 0.29) is 23.9 Å². The molecule has 0 spiro atoms. The lowest BCUT2D eigenvalue weighted by Gasteiger charge is -2.17. The second-order valence-corrected chi connectivity index (χ2v) is 8.10. The summed E-state index contributed by atoms with van der Waals surface area (Å²) in [6, 6.07) is 4.67. The van der Waals surface area contributed by atoms with Gasteiger partial charge in [0, 0.05) is 23.0 Å². The van der Waals surface area contributed by atoms with E-state index in [2.05, 4.69) is 15.9 Å². The van der Waals surface area contributed by atoms with E-state index in [0.717, 1.165) is 23.4 Å². The molecule has 5 nitrogen and oxygen atoms in total. The molecule has 0 N–H and O–H groups in total. The second-order valence-electron chi connectivity index (χ2n) is 5.24. The highest BCUT2D eigenvalue weighted by Crippen LogP contribution is 2.32. The van der Waals surface area contributed by atoms with Gasteiger partial charge in [0.2, 0.25) is 10.0 Å². The van der Waals surface area contributed by atoms with Crippen LogP contribution in [0.2, 0.25) is 0 Å². The summed E-state index contributed by atoms with van der Waals surface area (Å²) < 4.78 is 24.6. The van der Waals surface area contributed by atoms with Crippen LogP contribution >= 0.6 is 15.9 Å². The molecule has 0 heterocycles. The van der Waals surface area contributed by atoms with Gasteiger partial charge in [0.15, 0.2) is 5.78 Å². The number of rotatable bonds is 6. The summed E-state index contributed by atoms with van der Waals surface area (Å²) in [4.78, 5) is 23.8. The number of Topliss-reactive ketones (excluding diaryl/α,β-unsaturated/α-hetero) is 2. The zero-order valence-electron chi connectivity index (χ0n) is 11.8. The summed E-state index contributed by atoms with van der Waals surface area (Å²) >= 11 is 3.27. The average Bonchev–Trinajstić information content (AvgIpc) is 3.20. The Morgan fingerprint density at radius 3 is 2.43 bits per heavy atom. The van der Waals surface area contributed by atoms with Crippen molar-refractivity contribution < 1.29 is 18.0 Å². The Labute approximate surface area is 132 Å². The van der Waals surface area contributed by atoms with Gasteiger partial charge >= 0.3 is 0 Å². The van der Waals surface area contributed by atoms with Crippen LogP contribution in [0.1, 0.15) is 29.6 Å². The molecule has 0 aliphatic heterocycles. The average molecular weight is 374 g/mol. The maximum Gasteiger partial charge on any atom is 0.231 e. The third-order valence-electron chi connectivity index (χ3n) is 3.48. The Bertz CT molecular complexity index is 695. The van der Waals surface area contributed by atoms with Gasteiger partial charge in [-0.3, -0.25) is 13.9 Å². The van der Waals surface area contributed by atoms with Crippen LogP contribution in [0.3, 0.4) is 0 Å². The Morgan fingerprint density at radius 1 is 1.33 bits per heavy atom. The molecule has 0 bridgehead atoms. The summed E-state index contributed by atoms with van der Waals surface area (Å²) in [5.41, 5.74) is 0.851. The molecule has 114 valence electrons. The van der Waals surface area contributed by atoms with Gasteiger partial charge in [0.1, 0.15) is 5.78 Å². The van der Waals surface area contributed by atoms with Crippen LogP contribution in [-0.2, 0) is 14.8 Å². The quantitative estimate of drug-likeness (QED) is 0.566. The van der Waals surface area contributed by atoms with Crippen molar-refractivity contribution in [2.24, 2.45) is 5.92 Å². The highest BCUT2D eigenvalue weighted by molar-refractivity contribution is 9.10. The maximum atomic E-state index is 12.1. The fourth-order valence-corrected chi connectivity index (χ4v) is 3.00. The van der Waals surface area contributed by atoms with E-state index in [1.165, 1.54) is 7.05 Å². The third-order valence-corrected chi connectivity index (χ3v) is 5.34. The van der Waals surface area contributed by atoms with Gasteiger partial charge in [-0.05, 0) is 47.0 Å². The largest absolute Gasteiger partial charge is 0.299 e. The van der Waals surface area contributed by atoms with E-state index >= 15 is 0 Å². The highest BCUT2D eigenvalue weighted by atomic mass is 79.9. The first-order valence-electron chi connectivity index (χ1n) is 6.49. The van der Waals surface area contributed by atoms with Crippen LogP contribution in [0.5, 0.6) is 0 Å². The second kappa shape index (κ2) is 5.88. The molecular formula is C14H16BrNO4S. The van der Waals surface area contributed by atoms with Crippen LogP contribution in [0.4, 0.5) is 5.69 Å². The monoisotopic (exact) mass is 373 g/mol. The molecule has 0 atom stereocenters. The van der Waals surface area contributed by atoms with Crippen molar-refractivity contribution in [3.8, 4) is 0 Å². The number of hydrogen-bond acceptors (Lipinski definition) is 4. The molecule has 1 aromatic rings. The van der Waals surface area contributed by atoms with Gasteiger partial charge in [-0.1, -0.05) is 0 Å².